The number of nitrogens with two attached hydrogens (primary N) is 1. The lowest BCUT2D eigenvalue weighted by Gasteiger charge is -2.26. The first kappa shape index (κ1) is 10.3. The smallest absolute Gasteiger partial charge is 0.239 e. The predicted molar refractivity (Wildman–Crippen MR) is 53.2 cm³/mol. The number of hydrogen-bond donors (Lipinski definition) is 1. The minimum atomic E-state index is -0.295. The molecule has 1 aliphatic heterocycles. The Morgan fingerprint density at radius 2 is 2.38 bits per heavy atom. The zero-order chi connectivity index (χ0) is 9.68. The first-order chi connectivity index (χ1) is 6.25. The van der Waals surface area contributed by atoms with E-state index in [9.17, 15) is 4.79 Å². The van der Waals surface area contributed by atoms with E-state index in [1.807, 2.05) is 17.9 Å². The number of rotatable bonds is 3. The van der Waals surface area contributed by atoms with E-state index < -0.39 is 0 Å². The second-order valence-corrected chi connectivity index (χ2v) is 3.44. The molecule has 1 atom stereocenters. The minimum absolute atomic E-state index is 0.103. The van der Waals surface area contributed by atoms with Gasteiger partial charge in [0.25, 0.3) is 0 Å². The highest BCUT2D eigenvalue weighted by molar-refractivity contribution is 5.81. The molecule has 0 saturated heterocycles. The summed E-state index contributed by atoms with van der Waals surface area (Å²) in [6.45, 7) is 3.60. The molecular formula is C10H18N2O. The molecule has 0 aromatic rings. The summed E-state index contributed by atoms with van der Waals surface area (Å²) in [4.78, 5) is 13.5. The van der Waals surface area contributed by atoms with Gasteiger partial charge < -0.3 is 10.6 Å². The molecule has 74 valence electrons. The second kappa shape index (κ2) is 5.02. The van der Waals surface area contributed by atoms with Crippen molar-refractivity contribution in [3.63, 3.8) is 0 Å². The Morgan fingerprint density at radius 3 is 2.92 bits per heavy atom. The quantitative estimate of drug-likeness (QED) is 0.659. The van der Waals surface area contributed by atoms with Crippen LogP contribution in [0.5, 0.6) is 0 Å². The van der Waals surface area contributed by atoms with E-state index in [1.54, 1.807) is 0 Å². The average molecular weight is 182 g/mol. The van der Waals surface area contributed by atoms with Crippen LogP contribution >= 0.6 is 0 Å². The third-order valence-electron chi connectivity index (χ3n) is 2.29. The van der Waals surface area contributed by atoms with Crippen LogP contribution in [0.1, 0.15) is 26.2 Å². The maximum atomic E-state index is 11.7. The van der Waals surface area contributed by atoms with Crippen molar-refractivity contribution in [2.24, 2.45) is 5.73 Å². The van der Waals surface area contributed by atoms with Crippen LogP contribution in [0, 0.1) is 0 Å². The summed E-state index contributed by atoms with van der Waals surface area (Å²) < 4.78 is 0. The molecule has 0 aromatic carbocycles. The van der Waals surface area contributed by atoms with Crippen LogP contribution in [0.2, 0.25) is 0 Å². The molecule has 3 heteroatoms. The highest BCUT2D eigenvalue weighted by Gasteiger charge is 2.19. The van der Waals surface area contributed by atoms with Crippen molar-refractivity contribution in [1.82, 2.24) is 4.90 Å². The lowest BCUT2D eigenvalue weighted by molar-refractivity contribution is -0.132. The van der Waals surface area contributed by atoms with Crippen molar-refractivity contribution in [1.29, 1.82) is 0 Å². The Morgan fingerprint density at radius 1 is 1.62 bits per heavy atom. The summed E-state index contributed by atoms with van der Waals surface area (Å²) in [5.74, 6) is 0.103. The first-order valence-corrected chi connectivity index (χ1v) is 4.95. The van der Waals surface area contributed by atoms with Gasteiger partial charge in [0, 0.05) is 13.1 Å². The van der Waals surface area contributed by atoms with Gasteiger partial charge in [0.15, 0.2) is 0 Å². The average Bonchev–Trinajstić information content (AvgIpc) is 2.18. The Kier molecular flexibility index (Phi) is 3.96. The molecule has 0 spiro atoms. The van der Waals surface area contributed by atoms with Gasteiger partial charge in [-0.2, -0.15) is 0 Å². The number of amides is 1. The maximum absolute atomic E-state index is 11.7. The van der Waals surface area contributed by atoms with E-state index in [4.69, 9.17) is 5.73 Å². The summed E-state index contributed by atoms with van der Waals surface area (Å²) in [5.41, 5.74) is 5.74. The van der Waals surface area contributed by atoms with E-state index in [-0.39, 0.29) is 11.9 Å². The van der Waals surface area contributed by atoms with Crippen molar-refractivity contribution >= 4 is 5.91 Å². The number of hydrogen-bond acceptors (Lipinski definition) is 2. The Bertz CT molecular complexity index is 201. The highest BCUT2D eigenvalue weighted by atomic mass is 16.2. The SMILES string of the molecule is CCC[C@H](N)C(=O)N1CC=CCC1. The second-order valence-electron chi connectivity index (χ2n) is 3.44. The van der Waals surface area contributed by atoms with Crippen LogP contribution in [0.3, 0.4) is 0 Å². The third kappa shape index (κ3) is 2.84. The van der Waals surface area contributed by atoms with E-state index >= 15 is 0 Å². The maximum Gasteiger partial charge on any atom is 0.239 e. The van der Waals surface area contributed by atoms with Crippen LogP contribution in [-0.4, -0.2) is 29.9 Å². The molecule has 0 saturated carbocycles. The third-order valence-corrected chi connectivity index (χ3v) is 2.29. The first-order valence-electron chi connectivity index (χ1n) is 4.95. The van der Waals surface area contributed by atoms with Crippen LogP contribution in [-0.2, 0) is 4.79 Å². The van der Waals surface area contributed by atoms with Gasteiger partial charge in [-0.05, 0) is 12.8 Å². The van der Waals surface area contributed by atoms with Crippen LogP contribution < -0.4 is 5.73 Å². The highest BCUT2D eigenvalue weighted by Crippen LogP contribution is 2.05. The number of carbonyl (C=O) groups is 1. The molecule has 2 N–H and O–H groups in total. The van der Waals surface area contributed by atoms with E-state index in [2.05, 4.69) is 6.08 Å². The molecule has 0 aliphatic carbocycles. The van der Waals surface area contributed by atoms with Crippen LogP contribution in [0.4, 0.5) is 0 Å². The molecule has 1 rings (SSSR count). The van der Waals surface area contributed by atoms with Crippen molar-refractivity contribution in [3.8, 4) is 0 Å². The van der Waals surface area contributed by atoms with Crippen LogP contribution in [0.15, 0.2) is 12.2 Å². The zero-order valence-electron chi connectivity index (χ0n) is 8.20. The van der Waals surface area contributed by atoms with Gasteiger partial charge in [0.05, 0.1) is 6.04 Å². The van der Waals surface area contributed by atoms with E-state index in [0.29, 0.717) is 0 Å². The van der Waals surface area contributed by atoms with Gasteiger partial charge in [-0.25, -0.2) is 0 Å². The fraction of sp³-hybridized carbons (Fsp3) is 0.700. The normalized spacial score (nSPS) is 18.8. The van der Waals surface area contributed by atoms with Crippen LogP contribution in [0.25, 0.3) is 0 Å². The number of carbonyl (C=O) groups excluding carboxylic acids is 1. The molecule has 0 radical (unpaired) electrons. The lowest BCUT2D eigenvalue weighted by Crippen LogP contribution is -2.44. The summed E-state index contributed by atoms with van der Waals surface area (Å²) >= 11 is 0. The van der Waals surface area contributed by atoms with Gasteiger partial charge in [-0.15, -0.1) is 0 Å². The van der Waals surface area contributed by atoms with Crippen molar-refractivity contribution in [3.05, 3.63) is 12.2 Å². The van der Waals surface area contributed by atoms with Crippen molar-refractivity contribution < 1.29 is 4.79 Å². The van der Waals surface area contributed by atoms with Gasteiger partial charge >= 0.3 is 0 Å². The zero-order valence-corrected chi connectivity index (χ0v) is 8.20. The van der Waals surface area contributed by atoms with Gasteiger partial charge in [0.2, 0.25) is 5.91 Å². The molecule has 0 bridgehead atoms. The Hall–Kier alpha value is -0.830. The van der Waals surface area contributed by atoms with Gasteiger partial charge in [-0.1, -0.05) is 25.5 Å². The molecule has 1 aliphatic rings. The van der Waals surface area contributed by atoms with E-state index in [1.165, 1.54) is 0 Å². The van der Waals surface area contributed by atoms with Gasteiger partial charge in [0.1, 0.15) is 0 Å². The predicted octanol–water partition coefficient (Wildman–Crippen LogP) is 0.902. The van der Waals surface area contributed by atoms with Gasteiger partial charge in [-0.3, -0.25) is 4.79 Å². The molecule has 0 unspecified atom stereocenters. The topological polar surface area (TPSA) is 46.3 Å². The fourth-order valence-corrected chi connectivity index (χ4v) is 1.51. The van der Waals surface area contributed by atoms with E-state index in [0.717, 1.165) is 32.4 Å². The Labute approximate surface area is 79.6 Å². The minimum Gasteiger partial charge on any atom is -0.337 e. The summed E-state index contributed by atoms with van der Waals surface area (Å²) in [6, 6.07) is -0.295. The molecular weight excluding hydrogens is 164 g/mol. The van der Waals surface area contributed by atoms with Crippen molar-refractivity contribution in [2.45, 2.75) is 32.2 Å². The molecule has 3 nitrogen and oxygen atoms in total. The molecule has 13 heavy (non-hydrogen) atoms. The molecule has 1 heterocycles. The molecule has 1 amide bonds. The fourth-order valence-electron chi connectivity index (χ4n) is 1.51. The lowest BCUT2D eigenvalue weighted by atomic mass is 10.1. The summed E-state index contributed by atoms with van der Waals surface area (Å²) in [7, 11) is 0. The summed E-state index contributed by atoms with van der Waals surface area (Å²) in [5, 5.41) is 0. The van der Waals surface area contributed by atoms with Crippen molar-refractivity contribution in [2.75, 3.05) is 13.1 Å². The standard InChI is InChI=1S/C10H18N2O/c1-2-6-9(11)10(13)12-7-4-3-5-8-12/h3-4,9H,2,5-8,11H2,1H3/t9-/m0/s1. The number of nitrogens with zero attached hydrogens (tertiary/aromatic N) is 1. The molecule has 0 aromatic heterocycles. The Balaban J connectivity index is 2.41. The summed E-state index contributed by atoms with van der Waals surface area (Å²) in [6.07, 6.45) is 6.86. The monoisotopic (exact) mass is 182 g/mol. The largest absolute Gasteiger partial charge is 0.337 e. The molecule has 0 fully saturated rings.